The number of carbonyl (C=O) groups excluding carboxylic acids is 1. The molecule has 0 aromatic heterocycles. The van der Waals surface area contributed by atoms with Gasteiger partial charge in [0.1, 0.15) is 6.61 Å². The molecule has 0 saturated heterocycles. The molecule has 0 amide bonds. The number of hydrogen-bond donors (Lipinski definition) is 1. The number of aliphatic hydroxyl groups excluding tert-OH is 1. The van der Waals surface area contributed by atoms with Crippen LogP contribution in [0.2, 0.25) is 0 Å². The lowest BCUT2D eigenvalue weighted by atomic mass is 9.84. The van der Waals surface area contributed by atoms with Crippen molar-refractivity contribution in [2.24, 2.45) is 11.3 Å². The van der Waals surface area contributed by atoms with Crippen LogP contribution in [0.4, 0.5) is 0 Å². The summed E-state index contributed by atoms with van der Waals surface area (Å²) in [5.74, 6) is 0.110. The highest BCUT2D eigenvalue weighted by atomic mass is 16.5. The Bertz CT molecular complexity index is 192. The predicted octanol–water partition coefficient (Wildman–Crippen LogP) is 2.37. The van der Waals surface area contributed by atoms with Gasteiger partial charge in [-0.1, -0.05) is 27.7 Å². The van der Waals surface area contributed by atoms with Crippen LogP contribution in [-0.4, -0.2) is 23.8 Å². The lowest BCUT2D eigenvalue weighted by Gasteiger charge is -2.22. The van der Waals surface area contributed by atoms with Gasteiger partial charge in [0.2, 0.25) is 0 Å². The summed E-state index contributed by atoms with van der Waals surface area (Å²) < 4.78 is 4.90. The van der Waals surface area contributed by atoms with E-state index in [2.05, 4.69) is 27.7 Å². The fourth-order valence-corrected chi connectivity index (χ4v) is 1.67. The van der Waals surface area contributed by atoms with Gasteiger partial charge in [0, 0.05) is 6.42 Å². The Labute approximate surface area is 92.8 Å². The average molecular weight is 216 g/mol. The topological polar surface area (TPSA) is 46.5 Å². The highest BCUT2D eigenvalue weighted by Gasteiger charge is 2.18. The smallest absolute Gasteiger partial charge is 0.306 e. The van der Waals surface area contributed by atoms with Crippen LogP contribution in [0.5, 0.6) is 0 Å². The van der Waals surface area contributed by atoms with Crippen LogP contribution in [0, 0.1) is 11.3 Å². The summed E-state index contributed by atoms with van der Waals surface area (Å²) in [6.45, 7) is 10.2. The molecule has 2 unspecified atom stereocenters. The Morgan fingerprint density at radius 3 is 2.27 bits per heavy atom. The fraction of sp³-hybridized carbons (Fsp3) is 0.917. The second kappa shape index (κ2) is 6.11. The second-order valence-corrected chi connectivity index (χ2v) is 5.61. The van der Waals surface area contributed by atoms with E-state index in [9.17, 15) is 4.79 Å². The number of hydrogen-bond acceptors (Lipinski definition) is 3. The second-order valence-electron chi connectivity index (χ2n) is 5.61. The monoisotopic (exact) mass is 216 g/mol. The molecule has 2 atom stereocenters. The Morgan fingerprint density at radius 1 is 1.33 bits per heavy atom. The molecule has 3 heteroatoms. The molecule has 0 heterocycles. The van der Waals surface area contributed by atoms with Crippen molar-refractivity contribution in [2.45, 2.75) is 53.6 Å². The van der Waals surface area contributed by atoms with Crippen molar-refractivity contribution < 1.29 is 14.6 Å². The average Bonchev–Trinajstić information content (AvgIpc) is 1.96. The first-order chi connectivity index (χ1) is 6.70. The highest BCUT2D eigenvalue weighted by Crippen LogP contribution is 2.25. The number of esters is 1. The van der Waals surface area contributed by atoms with E-state index in [0.717, 1.165) is 6.42 Å². The van der Waals surface area contributed by atoms with E-state index in [-0.39, 0.29) is 18.0 Å². The molecule has 0 aliphatic carbocycles. The van der Waals surface area contributed by atoms with E-state index in [1.807, 2.05) is 0 Å². The minimum Gasteiger partial charge on any atom is -0.463 e. The van der Waals surface area contributed by atoms with Gasteiger partial charge in [-0.3, -0.25) is 4.79 Å². The van der Waals surface area contributed by atoms with Crippen molar-refractivity contribution in [3.8, 4) is 0 Å². The maximum absolute atomic E-state index is 11.3. The third kappa shape index (κ3) is 9.73. The zero-order valence-electron chi connectivity index (χ0n) is 10.5. The summed E-state index contributed by atoms with van der Waals surface area (Å²) in [5.41, 5.74) is 0.240. The first kappa shape index (κ1) is 14.4. The fourth-order valence-electron chi connectivity index (χ4n) is 1.67. The van der Waals surface area contributed by atoms with Gasteiger partial charge in [0.25, 0.3) is 0 Å². The molecule has 0 fully saturated rings. The van der Waals surface area contributed by atoms with E-state index >= 15 is 0 Å². The molecule has 0 aromatic carbocycles. The highest BCUT2D eigenvalue weighted by molar-refractivity contribution is 5.69. The Balaban J connectivity index is 3.77. The largest absolute Gasteiger partial charge is 0.463 e. The SMILES string of the molecule is CC(O)COC(=O)CC(C)CC(C)(C)C. The molecule has 0 saturated carbocycles. The number of carbonyl (C=O) groups is 1. The van der Waals surface area contributed by atoms with Crippen LogP contribution >= 0.6 is 0 Å². The minimum absolute atomic E-state index is 0.0983. The molecule has 3 nitrogen and oxygen atoms in total. The zero-order valence-corrected chi connectivity index (χ0v) is 10.5. The molecule has 0 aliphatic rings. The third-order valence-electron chi connectivity index (χ3n) is 1.96. The van der Waals surface area contributed by atoms with E-state index < -0.39 is 6.10 Å². The van der Waals surface area contributed by atoms with Gasteiger partial charge in [-0.15, -0.1) is 0 Å². The molecule has 1 N–H and O–H groups in total. The van der Waals surface area contributed by atoms with Crippen molar-refractivity contribution in [1.29, 1.82) is 0 Å². The van der Waals surface area contributed by atoms with Crippen LogP contribution in [0.3, 0.4) is 0 Å². The first-order valence-corrected chi connectivity index (χ1v) is 5.54. The predicted molar refractivity (Wildman–Crippen MR) is 60.5 cm³/mol. The molecule has 0 aliphatic heterocycles. The molecular formula is C12H24O3. The van der Waals surface area contributed by atoms with Crippen molar-refractivity contribution in [3.05, 3.63) is 0 Å². The Hall–Kier alpha value is -0.570. The van der Waals surface area contributed by atoms with Gasteiger partial charge in [-0.2, -0.15) is 0 Å². The summed E-state index contributed by atoms with van der Waals surface area (Å²) in [6, 6.07) is 0. The van der Waals surface area contributed by atoms with Gasteiger partial charge in [0.15, 0.2) is 0 Å². The Morgan fingerprint density at radius 2 is 1.87 bits per heavy atom. The van der Waals surface area contributed by atoms with Crippen molar-refractivity contribution in [3.63, 3.8) is 0 Å². The molecule has 0 rings (SSSR count). The molecule has 15 heavy (non-hydrogen) atoms. The van der Waals surface area contributed by atoms with E-state index in [1.165, 1.54) is 0 Å². The van der Waals surface area contributed by atoms with E-state index in [1.54, 1.807) is 6.92 Å². The maximum atomic E-state index is 11.3. The van der Waals surface area contributed by atoms with Crippen molar-refractivity contribution in [2.75, 3.05) is 6.61 Å². The maximum Gasteiger partial charge on any atom is 0.306 e. The van der Waals surface area contributed by atoms with Gasteiger partial charge >= 0.3 is 5.97 Å². The molecule has 0 spiro atoms. The van der Waals surface area contributed by atoms with Crippen LogP contribution in [0.25, 0.3) is 0 Å². The summed E-state index contributed by atoms with van der Waals surface area (Å²) in [6.07, 6.45) is 0.854. The number of ether oxygens (including phenoxy) is 1. The summed E-state index contributed by atoms with van der Waals surface area (Å²) in [5, 5.41) is 8.94. The summed E-state index contributed by atoms with van der Waals surface area (Å²) in [7, 11) is 0. The van der Waals surface area contributed by atoms with Gasteiger partial charge in [-0.25, -0.2) is 0 Å². The van der Waals surface area contributed by atoms with Gasteiger partial charge in [0.05, 0.1) is 6.10 Å². The lowest BCUT2D eigenvalue weighted by Crippen LogP contribution is -2.19. The molecule has 0 aromatic rings. The lowest BCUT2D eigenvalue weighted by molar-refractivity contribution is -0.147. The van der Waals surface area contributed by atoms with Gasteiger partial charge in [-0.05, 0) is 24.7 Å². The van der Waals surface area contributed by atoms with E-state index in [0.29, 0.717) is 12.3 Å². The van der Waals surface area contributed by atoms with Crippen LogP contribution in [0.1, 0.15) is 47.5 Å². The van der Waals surface area contributed by atoms with E-state index in [4.69, 9.17) is 9.84 Å². The Kier molecular flexibility index (Phi) is 5.88. The third-order valence-corrected chi connectivity index (χ3v) is 1.96. The summed E-state index contributed by atoms with van der Waals surface area (Å²) in [4.78, 5) is 11.3. The minimum atomic E-state index is -0.577. The quantitative estimate of drug-likeness (QED) is 0.718. The molecule has 90 valence electrons. The zero-order chi connectivity index (χ0) is 12.1. The van der Waals surface area contributed by atoms with Crippen LogP contribution < -0.4 is 0 Å². The standard InChI is InChI=1S/C12H24O3/c1-9(7-12(3,4)5)6-11(14)15-8-10(2)13/h9-10,13H,6-8H2,1-5H3. The first-order valence-electron chi connectivity index (χ1n) is 5.54. The van der Waals surface area contributed by atoms with Crippen molar-refractivity contribution >= 4 is 5.97 Å². The molecular weight excluding hydrogens is 192 g/mol. The number of rotatable bonds is 5. The van der Waals surface area contributed by atoms with Gasteiger partial charge < -0.3 is 9.84 Å². The van der Waals surface area contributed by atoms with Crippen molar-refractivity contribution in [1.82, 2.24) is 0 Å². The van der Waals surface area contributed by atoms with Crippen LogP contribution in [0.15, 0.2) is 0 Å². The normalized spacial score (nSPS) is 15.9. The van der Waals surface area contributed by atoms with Crippen LogP contribution in [-0.2, 0) is 9.53 Å². The summed E-state index contributed by atoms with van der Waals surface area (Å²) >= 11 is 0. The molecule has 0 bridgehead atoms. The number of aliphatic hydroxyl groups is 1. The molecule has 0 radical (unpaired) electrons.